The van der Waals surface area contributed by atoms with Gasteiger partial charge in [-0.2, -0.15) is 0 Å². The zero-order chi connectivity index (χ0) is 14.9. The molecule has 2 rings (SSSR count). The maximum atomic E-state index is 13.9. The van der Waals surface area contributed by atoms with Crippen LogP contribution in [0.25, 0.3) is 0 Å². The molecule has 0 atom stereocenters. The third-order valence-corrected chi connectivity index (χ3v) is 3.94. The first-order chi connectivity index (χ1) is 9.38. The van der Waals surface area contributed by atoms with Crippen LogP contribution in [0.3, 0.4) is 0 Å². The third kappa shape index (κ3) is 3.34. The van der Waals surface area contributed by atoms with E-state index in [1.54, 1.807) is 18.2 Å². The maximum absolute atomic E-state index is 13.9. The largest absolute Gasteiger partial charge is 0.389 e. The lowest BCUT2D eigenvalue weighted by Gasteiger charge is -2.12. The van der Waals surface area contributed by atoms with Gasteiger partial charge in [-0.1, -0.05) is 28.1 Å². The predicted molar refractivity (Wildman–Crippen MR) is 87.4 cm³/mol. The predicted octanol–water partition coefficient (Wildman–Crippen LogP) is 4.87. The zero-order valence-corrected chi connectivity index (χ0v) is 13.9. The molecule has 3 N–H and O–H groups in total. The molecule has 0 fully saturated rings. The van der Waals surface area contributed by atoms with Gasteiger partial charge in [0.05, 0.1) is 5.69 Å². The molecule has 0 unspecified atom stereocenters. The van der Waals surface area contributed by atoms with Gasteiger partial charge in [-0.3, -0.25) is 0 Å². The average molecular weight is 422 g/mol. The molecule has 20 heavy (non-hydrogen) atoms. The summed E-state index contributed by atoms with van der Waals surface area (Å²) < 4.78 is 29.3. The van der Waals surface area contributed by atoms with Crippen molar-refractivity contribution in [3.05, 3.63) is 56.5 Å². The highest BCUT2D eigenvalue weighted by Crippen LogP contribution is 2.31. The number of hydrogen-bond acceptors (Lipinski definition) is 2. The van der Waals surface area contributed by atoms with Gasteiger partial charge >= 0.3 is 0 Å². The molecule has 7 heteroatoms. The van der Waals surface area contributed by atoms with Gasteiger partial charge in [-0.05, 0) is 46.3 Å². The van der Waals surface area contributed by atoms with Gasteiger partial charge < -0.3 is 11.1 Å². The minimum Gasteiger partial charge on any atom is -0.389 e. The Morgan fingerprint density at radius 3 is 2.25 bits per heavy atom. The van der Waals surface area contributed by atoms with Crippen molar-refractivity contribution in [3.63, 3.8) is 0 Å². The third-order valence-electron chi connectivity index (χ3n) is 2.51. The first-order valence-electron chi connectivity index (χ1n) is 5.39. The Kier molecular flexibility index (Phi) is 4.72. The molecule has 0 saturated carbocycles. The van der Waals surface area contributed by atoms with Crippen molar-refractivity contribution in [2.75, 3.05) is 5.32 Å². The van der Waals surface area contributed by atoms with E-state index in [-0.39, 0.29) is 16.2 Å². The topological polar surface area (TPSA) is 38.0 Å². The molecule has 0 aliphatic heterocycles. The quantitative estimate of drug-likeness (QED) is 0.694. The molecule has 0 aromatic heterocycles. The monoisotopic (exact) mass is 420 g/mol. The zero-order valence-electron chi connectivity index (χ0n) is 9.88. The average Bonchev–Trinajstić information content (AvgIpc) is 2.37. The molecule has 104 valence electrons. The van der Waals surface area contributed by atoms with E-state index in [9.17, 15) is 8.78 Å². The number of nitrogens with two attached hydrogens (primary N) is 1. The fraction of sp³-hybridized carbons (Fsp3) is 0. The van der Waals surface area contributed by atoms with E-state index in [1.165, 1.54) is 0 Å². The van der Waals surface area contributed by atoms with Crippen molar-refractivity contribution in [3.8, 4) is 0 Å². The first kappa shape index (κ1) is 15.3. The van der Waals surface area contributed by atoms with Crippen LogP contribution in [-0.2, 0) is 0 Å². The number of hydrogen-bond donors (Lipinski definition) is 2. The second kappa shape index (κ2) is 6.15. The van der Waals surface area contributed by atoms with Gasteiger partial charge in [0.2, 0.25) is 0 Å². The van der Waals surface area contributed by atoms with Crippen LogP contribution in [0.4, 0.5) is 20.2 Å². The summed E-state index contributed by atoms with van der Waals surface area (Å²) >= 11 is 11.3. The highest BCUT2D eigenvalue weighted by Gasteiger charge is 2.14. The highest BCUT2D eigenvalue weighted by atomic mass is 79.9. The molecule has 2 aromatic rings. The van der Waals surface area contributed by atoms with E-state index in [2.05, 4.69) is 37.2 Å². The van der Waals surface area contributed by atoms with Crippen LogP contribution in [0, 0.1) is 11.6 Å². The number of rotatable bonds is 3. The Morgan fingerprint density at radius 1 is 1.10 bits per heavy atom. The lowest BCUT2D eigenvalue weighted by atomic mass is 10.1. The normalized spacial score (nSPS) is 10.4. The molecule has 2 aromatic carbocycles. The summed E-state index contributed by atoms with van der Waals surface area (Å²) in [5, 5.41) is 2.70. The summed E-state index contributed by atoms with van der Waals surface area (Å²) in [6.45, 7) is 0. The standard InChI is InChI=1S/C13H8Br2F2N2S/c14-7-1-2-8(15)11(5-7)19-12-9(16)3-6(13(18)20)4-10(12)17/h1-5,19H,(H2,18,20). The summed E-state index contributed by atoms with van der Waals surface area (Å²) in [7, 11) is 0. The van der Waals surface area contributed by atoms with Gasteiger partial charge in [0.25, 0.3) is 0 Å². The Labute approximate surface area is 136 Å². The molecule has 0 aliphatic rings. The van der Waals surface area contributed by atoms with E-state index in [1.807, 2.05) is 0 Å². The van der Waals surface area contributed by atoms with Crippen LogP contribution in [0.1, 0.15) is 5.56 Å². The van der Waals surface area contributed by atoms with Gasteiger partial charge in [-0.15, -0.1) is 0 Å². The van der Waals surface area contributed by atoms with Gasteiger partial charge in [0.1, 0.15) is 22.3 Å². The number of thiocarbonyl (C=S) groups is 1. The van der Waals surface area contributed by atoms with Crippen LogP contribution >= 0.6 is 44.1 Å². The second-order valence-electron chi connectivity index (χ2n) is 3.93. The maximum Gasteiger partial charge on any atom is 0.150 e. The second-order valence-corrected chi connectivity index (χ2v) is 6.14. The molecular weight excluding hydrogens is 414 g/mol. The van der Waals surface area contributed by atoms with E-state index in [4.69, 9.17) is 18.0 Å². The minimum absolute atomic E-state index is 0.0574. The SMILES string of the molecule is NC(=S)c1cc(F)c(Nc2cc(Br)ccc2Br)c(F)c1. The molecule has 0 bridgehead atoms. The van der Waals surface area contributed by atoms with Crippen molar-refractivity contribution in [1.82, 2.24) is 0 Å². The summed E-state index contributed by atoms with van der Waals surface area (Å²) in [5.74, 6) is -1.53. The van der Waals surface area contributed by atoms with Crippen molar-refractivity contribution >= 4 is 60.4 Å². The van der Waals surface area contributed by atoms with Crippen molar-refractivity contribution in [2.45, 2.75) is 0 Å². The van der Waals surface area contributed by atoms with Gasteiger partial charge in [0.15, 0.2) is 0 Å². The van der Waals surface area contributed by atoms with Crippen molar-refractivity contribution in [2.24, 2.45) is 5.73 Å². The van der Waals surface area contributed by atoms with Gasteiger partial charge in [-0.25, -0.2) is 8.78 Å². The van der Waals surface area contributed by atoms with E-state index >= 15 is 0 Å². The molecule has 0 heterocycles. The summed E-state index contributed by atoms with van der Waals surface area (Å²) in [4.78, 5) is -0.0574. The van der Waals surface area contributed by atoms with Crippen LogP contribution in [0.2, 0.25) is 0 Å². The highest BCUT2D eigenvalue weighted by molar-refractivity contribution is 9.11. The molecule has 0 radical (unpaired) electrons. The Morgan fingerprint density at radius 2 is 1.70 bits per heavy atom. The number of halogens is 4. The lowest BCUT2D eigenvalue weighted by Crippen LogP contribution is -2.11. The molecule has 0 amide bonds. The summed E-state index contributed by atoms with van der Waals surface area (Å²) in [6, 6.07) is 7.45. The van der Waals surface area contributed by atoms with E-state index in [0.717, 1.165) is 16.6 Å². The molecule has 0 saturated heterocycles. The van der Waals surface area contributed by atoms with Crippen LogP contribution in [0.5, 0.6) is 0 Å². The van der Waals surface area contributed by atoms with E-state index < -0.39 is 11.6 Å². The molecule has 2 nitrogen and oxygen atoms in total. The van der Waals surface area contributed by atoms with Crippen LogP contribution < -0.4 is 11.1 Å². The number of anilines is 2. The molecule has 0 aliphatic carbocycles. The fourth-order valence-electron chi connectivity index (χ4n) is 1.56. The fourth-order valence-corrected chi connectivity index (χ4v) is 2.39. The lowest BCUT2D eigenvalue weighted by molar-refractivity contribution is 0.590. The van der Waals surface area contributed by atoms with Crippen LogP contribution in [-0.4, -0.2) is 4.99 Å². The Hall–Kier alpha value is -1.05. The minimum atomic E-state index is -0.764. The summed E-state index contributed by atoms with van der Waals surface area (Å²) in [5.41, 5.74) is 5.78. The molecular formula is C13H8Br2F2N2S. The molecule has 0 spiro atoms. The smallest absolute Gasteiger partial charge is 0.150 e. The van der Waals surface area contributed by atoms with E-state index in [0.29, 0.717) is 10.2 Å². The Balaban J connectivity index is 2.44. The Bertz CT molecular complexity index is 669. The van der Waals surface area contributed by atoms with Crippen LogP contribution in [0.15, 0.2) is 39.3 Å². The number of nitrogens with one attached hydrogen (secondary N) is 1. The van der Waals surface area contributed by atoms with Gasteiger partial charge in [0, 0.05) is 14.5 Å². The first-order valence-corrected chi connectivity index (χ1v) is 7.39. The summed E-state index contributed by atoms with van der Waals surface area (Å²) in [6.07, 6.45) is 0. The van der Waals surface area contributed by atoms with Crippen molar-refractivity contribution < 1.29 is 8.78 Å². The van der Waals surface area contributed by atoms with Crippen molar-refractivity contribution in [1.29, 1.82) is 0 Å². The number of benzene rings is 2.